The summed E-state index contributed by atoms with van der Waals surface area (Å²) >= 11 is 0. The molecule has 0 aliphatic heterocycles. The van der Waals surface area contributed by atoms with Gasteiger partial charge < -0.3 is 10.2 Å². The van der Waals surface area contributed by atoms with Gasteiger partial charge in [0, 0.05) is 11.8 Å². The summed E-state index contributed by atoms with van der Waals surface area (Å²) in [5.74, 6) is 1.81. The Labute approximate surface area is 132 Å². The number of carbonyl (C=O) groups excluding carboxylic acids is 1. The van der Waals surface area contributed by atoms with Gasteiger partial charge in [-0.1, -0.05) is 13.0 Å². The maximum Gasteiger partial charge on any atom is 0.159 e. The normalized spacial score (nSPS) is 50.9. The molecule has 4 aliphatic rings. The molecule has 0 bridgehead atoms. The van der Waals surface area contributed by atoms with Gasteiger partial charge in [0.2, 0.25) is 0 Å². The molecule has 0 aromatic rings. The second-order valence-electron chi connectivity index (χ2n) is 8.46. The molecule has 6 atom stereocenters. The van der Waals surface area contributed by atoms with E-state index in [1.807, 2.05) is 0 Å². The van der Waals surface area contributed by atoms with Crippen LogP contribution >= 0.6 is 0 Å². The van der Waals surface area contributed by atoms with Gasteiger partial charge in [-0.3, -0.25) is 4.79 Å². The molecule has 0 amide bonds. The van der Waals surface area contributed by atoms with Gasteiger partial charge in [-0.05, 0) is 73.7 Å². The predicted octanol–water partition coefficient (Wildman–Crippen LogP) is 2.85. The topological polar surface area (TPSA) is 57.5 Å². The van der Waals surface area contributed by atoms with Crippen molar-refractivity contribution in [2.24, 2.45) is 28.6 Å². The van der Waals surface area contributed by atoms with Gasteiger partial charge in [0.05, 0.1) is 12.7 Å². The van der Waals surface area contributed by atoms with Crippen LogP contribution < -0.4 is 0 Å². The van der Waals surface area contributed by atoms with Crippen LogP contribution in [0, 0.1) is 28.6 Å². The van der Waals surface area contributed by atoms with Crippen LogP contribution in [-0.4, -0.2) is 28.7 Å². The zero-order valence-corrected chi connectivity index (χ0v) is 13.6. The zero-order chi connectivity index (χ0) is 15.5. The number of ketones is 1. The number of fused-ring (bicyclic) bond motifs is 5. The summed E-state index contributed by atoms with van der Waals surface area (Å²) in [5.41, 5.74) is 0.735. The quantitative estimate of drug-likeness (QED) is 0.783. The molecule has 22 heavy (non-hydrogen) atoms. The van der Waals surface area contributed by atoms with Crippen molar-refractivity contribution in [3.8, 4) is 0 Å². The van der Waals surface area contributed by atoms with Gasteiger partial charge in [-0.2, -0.15) is 0 Å². The highest BCUT2D eigenvalue weighted by molar-refractivity contribution is 5.97. The van der Waals surface area contributed by atoms with E-state index < -0.39 is 0 Å². The number of rotatable bonds is 1. The van der Waals surface area contributed by atoms with Crippen LogP contribution in [0.25, 0.3) is 0 Å². The molecule has 0 radical (unpaired) electrons. The summed E-state index contributed by atoms with van der Waals surface area (Å²) in [4.78, 5) is 12.4. The van der Waals surface area contributed by atoms with Crippen molar-refractivity contribution in [1.29, 1.82) is 0 Å². The van der Waals surface area contributed by atoms with Gasteiger partial charge in [0.1, 0.15) is 0 Å². The average Bonchev–Trinajstić information content (AvgIpc) is 2.83. The van der Waals surface area contributed by atoms with Crippen molar-refractivity contribution >= 4 is 5.78 Å². The summed E-state index contributed by atoms with van der Waals surface area (Å²) in [6.45, 7) is 2.39. The molecular weight excluding hydrogens is 276 g/mol. The Hall–Kier alpha value is -0.670. The lowest BCUT2D eigenvalue weighted by molar-refractivity contribution is -0.125. The molecule has 3 fully saturated rings. The molecule has 0 saturated heterocycles. The third kappa shape index (κ3) is 1.73. The van der Waals surface area contributed by atoms with E-state index in [0.717, 1.165) is 50.5 Å². The van der Waals surface area contributed by atoms with Crippen molar-refractivity contribution in [3.05, 3.63) is 11.6 Å². The molecule has 0 heterocycles. The van der Waals surface area contributed by atoms with Crippen LogP contribution in [0.2, 0.25) is 0 Å². The van der Waals surface area contributed by atoms with Crippen molar-refractivity contribution < 1.29 is 15.0 Å². The van der Waals surface area contributed by atoms with Gasteiger partial charge in [0.15, 0.2) is 5.78 Å². The summed E-state index contributed by atoms with van der Waals surface area (Å²) in [6.07, 6.45) is 9.65. The van der Waals surface area contributed by atoms with Gasteiger partial charge in [-0.15, -0.1) is 0 Å². The van der Waals surface area contributed by atoms with Crippen LogP contribution in [0.5, 0.6) is 0 Å². The molecule has 2 N–H and O–H groups in total. The van der Waals surface area contributed by atoms with E-state index in [1.165, 1.54) is 0 Å². The fourth-order valence-electron chi connectivity index (χ4n) is 6.62. The van der Waals surface area contributed by atoms with Crippen molar-refractivity contribution in [2.75, 3.05) is 6.61 Å². The molecular formula is C19H28O3. The molecule has 0 aromatic heterocycles. The second kappa shape index (κ2) is 4.91. The van der Waals surface area contributed by atoms with E-state index in [4.69, 9.17) is 0 Å². The minimum Gasteiger partial charge on any atom is -0.395 e. The number of hydrogen-bond donors (Lipinski definition) is 2. The van der Waals surface area contributed by atoms with Crippen LogP contribution in [-0.2, 0) is 4.79 Å². The molecule has 4 rings (SSSR count). The maximum atomic E-state index is 12.4. The molecule has 122 valence electrons. The van der Waals surface area contributed by atoms with Crippen LogP contribution in [0.3, 0.4) is 0 Å². The minimum absolute atomic E-state index is 0.0574. The highest BCUT2D eigenvalue weighted by atomic mass is 16.3. The first-order chi connectivity index (χ1) is 10.5. The number of aliphatic hydroxyl groups is 2. The van der Waals surface area contributed by atoms with Gasteiger partial charge in [0.25, 0.3) is 0 Å². The van der Waals surface area contributed by atoms with Gasteiger partial charge in [-0.25, -0.2) is 0 Å². The Morgan fingerprint density at radius 2 is 2.05 bits per heavy atom. The number of allylic oxidation sites excluding steroid dienone is 1. The lowest BCUT2D eigenvalue weighted by atomic mass is 9.47. The molecule has 3 nitrogen and oxygen atoms in total. The molecule has 3 heteroatoms. The first kappa shape index (κ1) is 14.9. The van der Waals surface area contributed by atoms with Gasteiger partial charge >= 0.3 is 0 Å². The van der Waals surface area contributed by atoms with E-state index in [1.54, 1.807) is 0 Å². The Morgan fingerprint density at radius 1 is 1.23 bits per heavy atom. The van der Waals surface area contributed by atoms with E-state index in [-0.39, 0.29) is 29.3 Å². The fourth-order valence-corrected chi connectivity index (χ4v) is 6.62. The predicted molar refractivity (Wildman–Crippen MR) is 84.1 cm³/mol. The van der Waals surface area contributed by atoms with Crippen LogP contribution in [0.15, 0.2) is 11.6 Å². The Morgan fingerprint density at radius 3 is 2.82 bits per heavy atom. The molecule has 3 saturated carbocycles. The first-order valence-electron chi connectivity index (χ1n) is 9.06. The summed E-state index contributed by atoms with van der Waals surface area (Å²) < 4.78 is 0. The largest absolute Gasteiger partial charge is 0.395 e. The minimum atomic E-state index is -0.271. The Balaban J connectivity index is 1.74. The first-order valence-corrected chi connectivity index (χ1v) is 9.06. The highest BCUT2D eigenvalue weighted by Gasteiger charge is 2.60. The number of aliphatic hydroxyl groups excluding tert-OH is 2. The molecule has 0 spiro atoms. The van der Waals surface area contributed by atoms with Crippen molar-refractivity contribution in [3.63, 3.8) is 0 Å². The van der Waals surface area contributed by atoms with E-state index >= 15 is 0 Å². The maximum absolute atomic E-state index is 12.4. The standard InChI is InChI=1S/C19H28O3/c1-18-10-8-14-12(13(18)6-7-17(18)22)4-5-15-16(21)3-2-9-19(14,15)11-20/h5,12-14,17,20,22H,2-4,6-11H2,1H3/t12-,13-,14-,17-,18-,19-/m0/s1. The summed E-state index contributed by atoms with van der Waals surface area (Å²) in [7, 11) is 0. The number of Topliss-reactive ketones (excluding diaryl/α,β-unsaturated/α-hetero) is 1. The van der Waals surface area contributed by atoms with Crippen molar-refractivity contribution in [1.82, 2.24) is 0 Å². The second-order valence-corrected chi connectivity index (χ2v) is 8.46. The summed E-state index contributed by atoms with van der Waals surface area (Å²) in [5, 5.41) is 20.7. The zero-order valence-electron chi connectivity index (χ0n) is 13.6. The lowest BCUT2D eigenvalue weighted by Gasteiger charge is -2.57. The Kier molecular flexibility index (Phi) is 3.32. The van der Waals surface area contributed by atoms with Crippen molar-refractivity contribution in [2.45, 2.75) is 64.4 Å². The van der Waals surface area contributed by atoms with Crippen LogP contribution in [0.1, 0.15) is 58.3 Å². The summed E-state index contributed by atoms with van der Waals surface area (Å²) in [6, 6.07) is 0. The third-order valence-corrected chi connectivity index (χ3v) is 7.84. The van der Waals surface area contributed by atoms with E-state index in [0.29, 0.717) is 24.2 Å². The molecule has 4 aliphatic carbocycles. The fraction of sp³-hybridized carbons (Fsp3) is 0.842. The highest BCUT2D eigenvalue weighted by Crippen LogP contribution is 2.64. The number of carbonyl (C=O) groups is 1. The Bertz CT molecular complexity index is 525. The monoisotopic (exact) mass is 304 g/mol. The van der Waals surface area contributed by atoms with Crippen LogP contribution in [0.4, 0.5) is 0 Å². The molecule has 0 unspecified atom stereocenters. The smallest absolute Gasteiger partial charge is 0.159 e. The molecule has 0 aromatic carbocycles. The van der Waals surface area contributed by atoms with E-state index in [9.17, 15) is 15.0 Å². The SMILES string of the molecule is C[C@]12CC[C@H]3[C@@H](CC=C4C(=O)CCC[C@@]43CO)[C@@H]1CC[C@@H]2O. The average molecular weight is 304 g/mol. The van der Waals surface area contributed by atoms with E-state index in [2.05, 4.69) is 13.0 Å². The lowest BCUT2D eigenvalue weighted by Crippen LogP contribution is -2.53. The third-order valence-electron chi connectivity index (χ3n) is 7.84. The number of hydrogen-bond acceptors (Lipinski definition) is 3.